The minimum atomic E-state index is -1.29. The first-order chi connectivity index (χ1) is 10.7. The maximum absolute atomic E-state index is 12.6. The van der Waals surface area contributed by atoms with Gasteiger partial charge in [0.25, 0.3) is 11.6 Å². The second-order valence-corrected chi connectivity index (χ2v) is 5.78. The van der Waals surface area contributed by atoms with Crippen LogP contribution in [0.15, 0.2) is 34.3 Å². The summed E-state index contributed by atoms with van der Waals surface area (Å²) < 4.78 is 0. The number of amides is 1. The first-order valence-corrected chi connectivity index (χ1v) is 7.57. The van der Waals surface area contributed by atoms with E-state index in [4.69, 9.17) is 5.73 Å². The van der Waals surface area contributed by atoms with Gasteiger partial charge in [0, 0.05) is 24.3 Å². The lowest BCUT2D eigenvalue weighted by molar-refractivity contribution is -0.120. The molecule has 7 heteroatoms. The molecule has 7 nitrogen and oxygen atoms in total. The van der Waals surface area contributed by atoms with Crippen LogP contribution >= 0.6 is 0 Å². The molecule has 0 unspecified atom stereocenters. The third-order valence-electron chi connectivity index (χ3n) is 4.31. The van der Waals surface area contributed by atoms with Crippen LogP contribution < -0.4 is 16.4 Å². The molecule has 1 aromatic carbocycles. The molecule has 3 aliphatic heterocycles. The average molecular weight is 298 g/mol. The van der Waals surface area contributed by atoms with E-state index in [1.54, 1.807) is 0 Å². The van der Waals surface area contributed by atoms with Gasteiger partial charge in [0.1, 0.15) is 0 Å². The van der Waals surface area contributed by atoms with Gasteiger partial charge in [-0.05, 0) is 25.3 Å². The number of carbonyl (C=O) groups is 1. The number of aliphatic imine (C=N–C) groups is 2. The van der Waals surface area contributed by atoms with Crippen molar-refractivity contribution in [2.45, 2.75) is 24.9 Å². The van der Waals surface area contributed by atoms with Crippen LogP contribution in [-0.2, 0) is 10.5 Å². The highest BCUT2D eigenvalue weighted by Crippen LogP contribution is 2.41. The van der Waals surface area contributed by atoms with E-state index in [1.165, 1.54) is 6.42 Å². The van der Waals surface area contributed by atoms with Crippen LogP contribution in [0, 0.1) is 0 Å². The molecule has 3 heterocycles. The van der Waals surface area contributed by atoms with Gasteiger partial charge in [-0.3, -0.25) is 10.1 Å². The number of guanidine groups is 2. The second kappa shape index (κ2) is 4.72. The molecule has 0 bridgehead atoms. The van der Waals surface area contributed by atoms with Crippen molar-refractivity contribution in [2.75, 3.05) is 18.4 Å². The van der Waals surface area contributed by atoms with Gasteiger partial charge in [-0.25, -0.2) is 9.98 Å². The van der Waals surface area contributed by atoms with E-state index in [9.17, 15) is 4.79 Å². The van der Waals surface area contributed by atoms with Crippen LogP contribution in [0.25, 0.3) is 0 Å². The van der Waals surface area contributed by atoms with Gasteiger partial charge in [0.15, 0.2) is 5.96 Å². The SMILES string of the molecule is NC1=N[C@]2(N=C(N3CCCCC3)N1)C(=O)Nc1ccccc12. The maximum atomic E-state index is 12.6. The van der Waals surface area contributed by atoms with Gasteiger partial charge in [0.2, 0.25) is 5.96 Å². The molecule has 114 valence electrons. The fraction of sp³-hybridized carbons (Fsp3) is 0.400. The van der Waals surface area contributed by atoms with Crippen LogP contribution in [0.4, 0.5) is 5.69 Å². The second-order valence-electron chi connectivity index (χ2n) is 5.78. The number of hydrogen-bond donors (Lipinski definition) is 3. The van der Waals surface area contributed by atoms with Crippen LogP contribution in [0.5, 0.6) is 0 Å². The average Bonchev–Trinajstić information content (AvgIpc) is 2.80. The van der Waals surface area contributed by atoms with Crippen LogP contribution in [0.3, 0.4) is 0 Å². The zero-order chi connectivity index (χ0) is 15.2. The molecule has 1 atom stereocenters. The Bertz CT molecular complexity index is 691. The van der Waals surface area contributed by atoms with Crippen LogP contribution in [0.1, 0.15) is 24.8 Å². The molecule has 0 aromatic heterocycles. The number of rotatable bonds is 0. The lowest BCUT2D eigenvalue weighted by atomic mass is 10.0. The van der Waals surface area contributed by atoms with Crippen molar-refractivity contribution in [1.29, 1.82) is 0 Å². The molecule has 0 radical (unpaired) electrons. The minimum Gasteiger partial charge on any atom is -0.370 e. The molecule has 1 fully saturated rings. The van der Waals surface area contributed by atoms with Crippen molar-refractivity contribution in [2.24, 2.45) is 15.7 Å². The molecule has 4 rings (SSSR count). The van der Waals surface area contributed by atoms with Crippen LogP contribution in [0.2, 0.25) is 0 Å². The lowest BCUT2D eigenvalue weighted by Crippen LogP contribution is -2.54. The quantitative estimate of drug-likeness (QED) is 0.652. The third-order valence-corrected chi connectivity index (χ3v) is 4.31. The maximum Gasteiger partial charge on any atom is 0.280 e. The van der Waals surface area contributed by atoms with Crippen molar-refractivity contribution in [3.63, 3.8) is 0 Å². The van der Waals surface area contributed by atoms with E-state index >= 15 is 0 Å². The zero-order valence-electron chi connectivity index (χ0n) is 12.2. The standard InChI is InChI=1S/C15H18N6O/c16-13-18-14(21-8-4-1-5-9-21)20-15(19-13)10-6-2-3-7-11(10)17-12(15)22/h2-3,6-7H,1,4-5,8-9H2,(H,17,22)(H3,16,18,19,20)/t15-/m1/s1. The Kier molecular flexibility index (Phi) is 2.82. The molecular weight excluding hydrogens is 280 g/mol. The Hall–Kier alpha value is -2.57. The number of hydrogen-bond acceptors (Lipinski definition) is 6. The van der Waals surface area contributed by atoms with E-state index in [2.05, 4.69) is 25.5 Å². The number of fused-ring (bicyclic) bond motifs is 2. The highest BCUT2D eigenvalue weighted by molar-refractivity contribution is 6.11. The summed E-state index contributed by atoms with van der Waals surface area (Å²) in [6.07, 6.45) is 3.46. The van der Waals surface area contributed by atoms with Gasteiger partial charge < -0.3 is 16.0 Å². The number of benzene rings is 1. The molecule has 1 saturated heterocycles. The van der Waals surface area contributed by atoms with Gasteiger partial charge in [-0.15, -0.1) is 0 Å². The summed E-state index contributed by atoms with van der Waals surface area (Å²) in [6, 6.07) is 7.48. The fourth-order valence-electron chi connectivity index (χ4n) is 3.23. The molecule has 1 aromatic rings. The summed E-state index contributed by atoms with van der Waals surface area (Å²) in [5.41, 5.74) is 6.16. The van der Waals surface area contributed by atoms with Crippen molar-refractivity contribution < 1.29 is 4.79 Å². The number of carbonyl (C=O) groups excluding carboxylic acids is 1. The molecule has 1 amide bonds. The summed E-state index contributed by atoms with van der Waals surface area (Å²) >= 11 is 0. The predicted molar refractivity (Wildman–Crippen MR) is 84.4 cm³/mol. The van der Waals surface area contributed by atoms with Gasteiger partial charge in [0.05, 0.1) is 0 Å². The monoisotopic (exact) mass is 298 g/mol. The van der Waals surface area contributed by atoms with Gasteiger partial charge >= 0.3 is 0 Å². The van der Waals surface area contributed by atoms with Crippen molar-refractivity contribution in [1.82, 2.24) is 10.2 Å². The summed E-state index contributed by atoms with van der Waals surface area (Å²) in [7, 11) is 0. The fourth-order valence-corrected chi connectivity index (χ4v) is 3.23. The predicted octanol–water partition coefficient (Wildman–Crippen LogP) is 0.551. The van der Waals surface area contributed by atoms with Gasteiger partial charge in [-0.2, -0.15) is 0 Å². The van der Waals surface area contributed by atoms with Crippen molar-refractivity contribution in [3.05, 3.63) is 29.8 Å². The first-order valence-electron chi connectivity index (χ1n) is 7.57. The van der Waals surface area contributed by atoms with E-state index in [0.29, 0.717) is 5.96 Å². The number of para-hydroxylation sites is 1. The summed E-state index contributed by atoms with van der Waals surface area (Å²) in [5, 5.41) is 5.86. The number of anilines is 1. The lowest BCUT2D eigenvalue weighted by Gasteiger charge is -2.34. The Labute approximate surface area is 128 Å². The molecule has 22 heavy (non-hydrogen) atoms. The molecular formula is C15H18N6O. The third kappa shape index (κ3) is 1.85. The number of nitrogens with one attached hydrogen (secondary N) is 2. The van der Waals surface area contributed by atoms with E-state index < -0.39 is 5.66 Å². The highest BCUT2D eigenvalue weighted by Gasteiger charge is 2.49. The van der Waals surface area contributed by atoms with E-state index in [1.807, 2.05) is 24.3 Å². The molecule has 0 saturated carbocycles. The normalized spacial score (nSPS) is 26.9. The highest BCUT2D eigenvalue weighted by atomic mass is 16.2. The number of nitrogens with two attached hydrogens (primary N) is 1. The van der Waals surface area contributed by atoms with Gasteiger partial charge in [-0.1, -0.05) is 18.2 Å². The largest absolute Gasteiger partial charge is 0.370 e. The number of nitrogens with zero attached hydrogens (tertiary/aromatic N) is 3. The molecule has 3 aliphatic rings. The van der Waals surface area contributed by atoms with E-state index in [-0.39, 0.29) is 11.9 Å². The summed E-state index contributed by atoms with van der Waals surface area (Å²) in [5.74, 6) is 0.606. The van der Waals surface area contributed by atoms with Crippen LogP contribution in [-0.4, -0.2) is 35.8 Å². The number of likely N-dealkylation sites (tertiary alicyclic amines) is 1. The molecule has 1 spiro atoms. The summed E-state index contributed by atoms with van der Waals surface area (Å²) in [4.78, 5) is 23.7. The van der Waals surface area contributed by atoms with Crippen molar-refractivity contribution >= 4 is 23.5 Å². The molecule has 0 aliphatic carbocycles. The zero-order valence-corrected chi connectivity index (χ0v) is 12.2. The first kappa shape index (κ1) is 13.1. The Morgan fingerprint density at radius 3 is 2.68 bits per heavy atom. The minimum absolute atomic E-state index is 0.224. The summed E-state index contributed by atoms with van der Waals surface area (Å²) in [6.45, 7) is 1.83. The Morgan fingerprint density at radius 2 is 1.86 bits per heavy atom. The Morgan fingerprint density at radius 1 is 1.09 bits per heavy atom. The number of piperidine rings is 1. The Balaban J connectivity index is 1.81. The van der Waals surface area contributed by atoms with Crippen molar-refractivity contribution in [3.8, 4) is 0 Å². The molecule has 4 N–H and O–H groups in total. The van der Waals surface area contributed by atoms with E-state index in [0.717, 1.165) is 37.2 Å². The smallest absolute Gasteiger partial charge is 0.280 e. The topological polar surface area (TPSA) is 95.1 Å².